The number of thiol groups is 1. The van der Waals surface area contributed by atoms with Gasteiger partial charge in [-0.3, -0.25) is 28.7 Å². The van der Waals surface area contributed by atoms with Crippen molar-refractivity contribution in [2.45, 2.75) is 173 Å². The number of unbranched alkanes of at least 4 members (excludes halogenated alkanes) is 14. The monoisotopic (exact) mass is 1030 g/mol. The summed E-state index contributed by atoms with van der Waals surface area (Å²) in [7, 11) is 3.75. The number of carboxylic acids is 2. The van der Waals surface area contributed by atoms with E-state index in [1.165, 1.54) is 44.9 Å². The minimum atomic E-state index is -1.13. The van der Waals surface area contributed by atoms with Crippen molar-refractivity contribution < 1.29 is 67.5 Å². The van der Waals surface area contributed by atoms with E-state index < -0.39 is 23.5 Å². The third-order valence-corrected chi connectivity index (χ3v) is 9.79. The van der Waals surface area contributed by atoms with Crippen LogP contribution in [-0.2, 0) is 57.3 Å². The van der Waals surface area contributed by atoms with Gasteiger partial charge < -0.3 is 71.1 Å². The van der Waals surface area contributed by atoms with Gasteiger partial charge in [-0.2, -0.15) is 0 Å². The lowest BCUT2D eigenvalue weighted by Crippen LogP contribution is -2.41. The molecule has 1 unspecified atom stereocenters. The maximum absolute atomic E-state index is 12.2. The third-order valence-electron chi connectivity index (χ3n) is 9.46. The normalized spacial score (nSPS) is 11.4. The molecule has 0 fully saturated rings. The fraction of sp³-hybridized carbons (Fsp3) is 0.833. The molecule has 0 saturated heterocycles. The van der Waals surface area contributed by atoms with Gasteiger partial charge in [-0.25, -0.2) is 4.79 Å². The zero-order chi connectivity index (χ0) is 53.4. The molecular formula is C48H95N7O14S. The summed E-state index contributed by atoms with van der Waals surface area (Å²) in [6, 6.07) is -1.31. The van der Waals surface area contributed by atoms with Gasteiger partial charge in [0.1, 0.15) is 25.2 Å². The topological polar surface area (TPSA) is 312 Å². The second-order valence-corrected chi connectivity index (χ2v) is 17.2. The zero-order valence-corrected chi connectivity index (χ0v) is 44.2. The first-order valence-corrected chi connectivity index (χ1v) is 25.5. The van der Waals surface area contributed by atoms with E-state index in [0.717, 1.165) is 64.1 Å². The number of amides is 4. The van der Waals surface area contributed by atoms with Crippen LogP contribution in [0.3, 0.4) is 0 Å². The molecule has 70 heavy (non-hydrogen) atoms. The lowest BCUT2D eigenvalue weighted by Gasteiger charge is -2.14. The number of aldehydes is 2. The first kappa shape index (κ1) is 72.8. The molecular weight excluding hydrogens is 931 g/mol. The van der Waals surface area contributed by atoms with Gasteiger partial charge >= 0.3 is 11.9 Å². The lowest BCUT2D eigenvalue weighted by atomic mass is 10.0. The van der Waals surface area contributed by atoms with E-state index in [2.05, 4.69) is 44.1 Å². The number of rotatable bonds is 46. The first-order chi connectivity index (χ1) is 33.6. The molecule has 4 amide bonds. The Morgan fingerprint density at radius 3 is 1.53 bits per heavy atom. The van der Waals surface area contributed by atoms with Gasteiger partial charge in [0.05, 0.1) is 51.2 Å². The van der Waals surface area contributed by atoms with Crippen LogP contribution in [0.2, 0.25) is 0 Å². The highest BCUT2D eigenvalue weighted by atomic mass is 32.1. The van der Waals surface area contributed by atoms with E-state index in [1.807, 2.05) is 21.0 Å². The lowest BCUT2D eigenvalue weighted by molar-refractivity contribution is -0.142. The Kier molecular flexibility index (Phi) is 60.1. The largest absolute Gasteiger partial charge is 0.481 e. The number of ether oxygens (including phenoxy) is 4. The van der Waals surface area contributed by atoms with Crippen molar-refractivity contribution in [2.75, 3.05) is 86.6 Å². The highest BCUT2D eigenvalue weighted by Gasteiger charge is 2.21. The highest BCUT2D eigenvalue weighted by Crippen LogP contribution is 2.14. The number of nitrogens with two attached hydrogens (primary N) is 1. The minimum Gasteiger partial charge on any atom is -0.481 e. The molecule has 0 radical (unpaired) electrons. The van der Waals surface area contributed by atoms with E-state index in [0.29, 0.717) is 91.4 Å². The molecule has 0 aromatic carbocycles. The maximum atomic E-state index is 12.2. The Balaban J connectivity index is -0.000000585. The average Bonchev–Trinajstić information content (AvgIpc) is 3.32. The van der Waals surface area contributed by atoms with Crippen molar-refractivity contribution in [3.8, 4) is 0 Å². The molecule has 0 bridgehead atoms. The summed E-state index contributed by atoms with van der Waals surface area (Å²) in [5.41, 5.74) is 4.53. The Morgan fingerprint density at radius 1 is 0.600 bits per heavy atom. The fourth-order valence-corrected chi connectivity index (χ4v) is 5.89. The van der Waals surface area contributed by atoms with E-state index in [9.17, 15) is 43.5 Å². The summed E-state index contributed by atoms with van der Waals surface area (Å²) in [5, 5.41) is 31.2. The molecule has 0 aliphatic carbocycles. The summed E-state index contributed by atoms with van der Waals surface area (Å²) in [4.78, 5) is 87.6. The number of carboxylic acid groups (broad SMARTS) is 2. The molecule has 22 heteroatoms. The van der Waals surface area contributed by atoms with Crippen molar-refractivity contribution in [1.29, 1.82) is 0 Å². The smallest absolute Gasteiger partial charge is 0.326 e. The Hall–Kier alpha value is -3.77. The van der Waals surface area contributed by atoms with Crippen molar-refractivity contribution in [2.24, 2.45) is 5.73 Å². The summed E-state index contributed by atoms with van der Waals surface area (Å²) in [6.07, 6.45) is 20.5. The summed E-state index contributed by atoms with van der Waals surface area (Å²) in [5.74, 6) is -2.57. The number of hydrogen-bond acceptors (Lipinski definition) is 16. The van der Waals surface area contributed by atoms with Crippen LogP contribution in [0.5, 0.6) is 0 Å². The predicted molar refractivity (Wildman–Crippen MR) is 274 cm³/mol. The number of carbonyl (C=O) groups excluding carboxylic acids is 6. The zero-order valence-electron chi connectivity index (χ0n) is 43.3. The molecule has 0 aromatic rings. The molecule has 10 N–H and O–H groups in total. The SMILES string of the molecule is CC(C)(N)C=O.CCOCCOCCNC(=O)CC[C@H](NC(=O)CCCCCCCCCCCCCCCCC(=O)O)C(=O)O.CNC.O=CNCCOCCOCC(=O)NCCCCC(C=O)NS. The van der Waals surface area contributed by atoms with Crippen LogP contribution >= 0.6 is 12.8 Å². The predicted octanol–water partition coefficient (Wildman–Crippen LogP) is 3.64. The summed E-state index contributed by atoms with van der Waals surface area (Å²) in [6.45, 7) is 9.61. The second-order valence-electron chi connectivity index (χ2n) is 16.9. The molecule has 21 nitrogen and oxygen atoms in total. The molecule has 0 aliphatic rings. The van der Waals surface area contributed by atoms with Crippen molar-refractivity contribution in [3.63, 3.8) is 0 Å². The Morgan fingerprint density at radius 2 is 1.07 bits per heavy atom. The molecule has 0 aliphatic heterocycles. The number of aliphatic carboxylic acids is 2. The molecule has 0 heterocycles. The van der Waals surface area contributed by atoms with E-state index in [-0.39, 0.29) is 49.6 Å². The van der Waals surface area contributed by atoms with Crippen molar-refractivity contribution in [1.82, 2.24) is 31.3 Å². The average molecular weight is 1030 g/mol. The molecule has 0 saturated carbocycles. The van der Waals surface area contributed by atoms with Gasteiger partial charge in [0.2, 0.25) is 24.1 Å². The summed E-state index contributed by atoms with van der Waals surface area (Å²) < 4.78 is 23.3. The third kappa shape index (κ3) is 66.3. The van der Waals surface area contributed by atoms with Crippen LogP contribution in [0, 0.1) is 0 Å². The van der Waals surface area contributed by atoms with Gasteiger partial charge in [-0.1, -0.05) is 89.9 Å². The van der Waals surface area contributed by atoms with Gasteiger partial charge in [-0.15, -0.1) is 0 Å². The quantitative estimate of drug-likeness (QED) is 0.0236. The van der Waals surface area contributed by atoms with Crippen LogP contribution in [0.15, 0.2) is 0 Å². The Labute approximate surface area is 424 Å². The van der Waals surface area contributed by atoms with Crippen molar-refractivity contribution >= 4 is 61.5 Å². The molecule has 2 atom stereocenters. The van der Waals surface area contributed by atoms with Gasteiger partial charge in [0, 0.05) is 45.5 Å². The fourth-order valence-electron chi connectivity index (χ4n) is 5.70. The molecule has 0 rings (SSSR count). The van der Waals surface area contributed by atoms with E-state index in [4.69, 9.17) is 29.8 Å². The van der Waals surface area contributed by atoms with Crippen molar-refractivity contribution in [3.05, 3.63) is 0 Å². The molecule has 0 aromatic heterocycles. The van der Waals surface area contributed by atoms with Crippen LogP contribution in [0.1, 0.15) is 156 Å². The molecule has 0 spiro atoms. The van der Waals surface area contributed by atoms with Gasteiger partial charge in [0.15, 0.2) is 0 Å². The minimum absolute atomic E-state index is 0.00882. The van der Waals surface area contributed by atoms with Gasteiger partial charge in [0.25, 0.3) is 0 Å². The van der Waals surface area contributed by atoms with Crippen LogP contribution in [0.25, 0.3) is 0 Å². The number of hydrogen-bond donors (Lipinski definition) is 10. The molecule has 412 valence electrons. The Bertz CT molecular complexity index is 1270. The first-order valence-electron chi connectivity index (χ1n) is 25.0. The standard InChI is InChI=1S/C29H54N2O8.C13H25N3O5S.C4H9NO.C2H7N/c1-2-38-23-24-39-22-21-30-26(32)20-19-25(29(36)37)31-27(33)17-15-13-11-9-7-5-3-4-6-8-10-12-14-16-18-28(34)35;17-9-12(16-22)3-1-2-4-15-13(19)10-21-8-7-20-6-5-14-11-18;1-4(2,5)3-6;1-3-2/h25H,2-24H2,1H3,(H,30,32)(H,31,33)(H,34,35)(H,36,37);9,11-12,16,22H,1-8,10H2,(H,14,18)(H,15,19);3H,5H2,1-2H3;3H,1-2H3/t25-;;;/m0.../s1. The van der Waals surface area contributed by atoms with Gasteiger partial charge in [-0.05, 0) is 73.4 Å². The summed E-state index contributed by atoms with van der Waals surface area (Å²) >= 11 is 3.84. The van der Waals surface area contributed by atoms with Crippen LogP contribution in [0.4, 0.5) is 0 Å². The highest BCUT2D eigenvalue weighted by molar-refractivity contribution is 7.78. The maximum Gasteiger partial charge on any atom is 0.326 e. The van der Waals surface area contributed by atoms with E-state index in [1.54, 1.807) is 13.8 Å². The van der Waals surface area contributed by atoms with Crippen LogP contribution < -0.4 is 37.0 Å². The van der Waals surface area contributed by atoms with E-state index >= 15 is 0 Å². The second kappa shape index (κ2) is 57.8. The van der Waals surface area contributed by atoms with Crippen LogP contribution in [-0.4, -0.2) is 163 Å². The number of carbonyl (C=O) groups is 8. The number of nitrogens with one attached hydrogen (secondary N) is 6.